The van der Waals surface area contributed by atoms with Crippen molar-refractivity contribution >= 4 is 11.9 Å². The van der Waals surface area contributed by atoms with Crippen LogP contribution in [0.25, 0.3) is 11.5 Å². The predicted molar refractivity (Wildman–Crippen MR) is 144 cm³/mol. The topological polar surface area (TPSA) is 112 Å². The molecule has 3 heterocycles. The monoisotopic (exact) mass is 612 g/mol. The number of hydrogen-bond donors (Lipinski definition) is 2. The van der Waals surface area contributed by atoms with Gasteiger partial charge in [-0.05, 0) is 79.5 Å². The predicted octanol–water partition coefficient (Wildman–Crippen LogP) is 2.21. The van der Waals surface area contributed by atoms with Crippen LogP contribution in [-0.2, 0) is 26.3 Å². The van der Waals surface area contributed by atoms with Gasteiger partial charge >= 0.3 is 17.8 Å². The molecule has 7 aliphatic rings. The first kappa shape index (κ1) is 26.5. The van der Waals surface area contributed by atoms with Gasteiger partial charge in [-0.25, -0.2) is 18.7 Å². The largest absolute Gasteiger partial charge is 0.490 e. The number of rotatable bonds is 6. The van der Waals surface area contributed by atoms with Gasteiger partial charge in [0.1, 0.15) is 11.6 Å². The zero-order valence-electron chi connectivity index (χ0n) is 23.9. The molecule has 0 spiro atoms. The third-order valence-electron chi connectivity index (χ3n) is 11.8. The lowest BCUT2D eigenvalue weighted by molar-refractivity contribution is -0.612. The first-order valence-corrected chi connectivity index (χ1v) is 14.8. The molecule has 1 aromatic carbocycles. The zero-order valence-corrected chi connectivity index (χ0v) is 23.9. The smallest absolute Gasteiger partial charge is 0.449 e. The summed E-state index contributed by atoms with van der Waals surface area (Å²) in [6.45, 7) is 5.23. The van der Waals surface area contributed by atoms with E-state index in [1.54, 1.807) is 41.4 Å². The van der Waals surface area contributed by atoms with Crippen molar-refractivity contribution in [2.45, 2.75) is 50.5 Å². The lowest BCUT2D eigenvalue weighted by atomic mass is 8.96. The second-order valence-electron chi connectivity index (χ2n) is 13.3. The Morgan fingerprint density at radius 1 is 1.09 bits per heavy atom. The number of nitrogens with zero attached hydrogens (tertiary/aromatic N) is 4. The van der Waals surface area contributed by atoms with Gasteiger partial charge in [0.2, 0.25) is 0 Å². The first-order valence-electron chi connectivity index (χ1n) is 14.8. The third kappa shape index (κ3) is 2.63. The second-order valence-corrected chi connectivity index (χ2v) is 13.3. The minimum Gasteiger partial charge on any atom is -0.449 e. The normalized spacial score (nSPS) is 36.1. The molecule has 1 aliphatic heterocycles. The van der Waals surface area contributed by atoms with Crippen LogP contribution in [0, 0.1) is 55.2 Å². The molecule has 10 rings (SSSR count). The van der Waals surface area contributed by atoms with E-state index in [0.717, 1.165) is 17.8 Å². The second kappa shape index (κ2) is 7.82. The van der Waals surface area contributed by atoms with Crippen LogP contribution in [0.5, 0.6) is 0 Å². The number of hydrogen-bond acceptors (Lipinski definition) is 6. The van der Waals surface area contributed by atoms with E-state index in [1.807, 2.05) is 17.7 Å². The standard InChI is InChI=1S/C30H28F4N6O4/c1-11-8-14(9-12(2)24(11)31)40-25(17-13(3)35-5-4-15(17)37-40)38-6-7-39(27(38)43)29-21-18-22(29)20-23(29)19(21)28(18,20)36-16(41)10-44-26(42)30(32,33)34/h6-9,13,18-23,35H,4-5,10H2,1-3H3,(H,36,41)/t13-,18?,19?,20?,21?,22?,23?,28?,29?/m0/s1. The number of ether oxygens (including phenoxy) is 1. The fraction of sp³-hybridized carbons (Fsp3) is 0.533. The number of fused-ring (bicyclic) bond motifs is 1. The Morgan fingerprint density at radius 2 is 1.73 bits per heavy atom. The molecule has 1 amide bonds. The highest BCUT2D eigenvalue weighted by atomic mass is 19.4. The molecule has 2 aromatic heterocycles. The number of amides is 1. The average molecular weight is 613 g/mol. The third-order valence-corrected chi connectivity index (χ3v) is 11.8. The van der Waals surface area contributed by atoms with Gasteiger partial charge in [0.05, 0.1) is 22.5 Å². The van der Waals surface area contributed by atoms with E-state index in [4.69, 9.17) is 5.10 Å². The van der Waals surface area contributed by atoms with Crippen molar-refractivity contribution in [1.29, 1.82) is 0 Å². The van der Waals surface area contributed by atoms with Crippen molar-refractivity contribution in [3.8, 4) is 11.5 Å². The van der Waals surface area contributed by atoms with Gasteiger partial charge < -0.3 is 15.4 Å². The summed E-state index contributed by atoms with van der Waals surface area (Å²) >= 11 is 0. The van der Waals surface area contributed by atoms with Gasteiger partial charge in [-0.3, -0.25) is 13.9 Å². The molecule has 44 heavy (non-hydrogen) atoms. The minimum absolute atomic E-state index is 0.0531. The van der Waals surface area contributed by atoms with Gasteiger partial charge in [0, 0.05) is 37.0 Å². The summed E-state index contributed by atoms with van der Waals surface area (Å²) in [5.74, 6) is -1.68. The van der Waals surface area contributed by atoms with Crippen molar-refractivity contribution in [2.75, 3.05) is 13.2 Å². The number of halogens is 4. The Morgan fingerprint density at radius 3 is 2.34 bits per heavy atom. The van der Waals surface area contributed by atoms with Crippen molar-refractivity contribution in [2.24, 2.45) is 35.5 Å². The number of alkyl halides is 3. The molecule has 0 bridgehead atoms. The van der Waals surface area contributed by atoms with E-state index >= 15 is 0 Å². The molecular formula is C30H28F4N6O4. The number of benzene rings is 1. The fourth-order valence-electron chi connectivity index (χ4n) is 10.6. The van der Waals surface area contributed by atoms with Gasteiger partial charge in [-0.15, -0.1) is 0 Å². The Bertz CT molecular complexity index is 1830. The van der Waals surface area contributed by atoms with Crippen LogP contribution in [0.4, 0.5) is 17.6 Å². The molecule has 0 saturated heterocycles. The Balaban J connectivity index is 1.02. The number of carbonyl (C=O) groups is 2. The molecule has 6 aliphatic carbocycles. The van der Waals surface area contributed by atoms with Crippen LogP contribution in [0.15, 0.2) is 29.3 Å². The van der Waals surface area contributed by atoms with Gasteiger partial charge in [-0.1, -0.05) is 0 Å². The van der Waals surface area contributed by atoms with Crippen molar-refractivity contribution < 1.29 is 31.9 Å². The van der Waals surface area contributed by atoms with Gasteiger partial charge in [0.15, 0.2) is 6.61 Å². The van der Waals surface area contributed by atoms with Crippen LogP contribution in [-0.4, -0.2) is 55.7 Å². The van der Waals surface area contributed by atoms with E-state index in [-0.39, 0.29) is 58.6 Å². The molecule has 6 fully saturated rings. The highest BCUT2D eigenvalue weighted by Crippen LogP contribution is 3.05. The summed E-state index contributed by atoms with van der Waals surface area (Å²) < 4.78 is 61.2. The van der Waals surface area contributed by atoms with Crippen LogP contribution in [0.2, 0.25) is 0 Å². The summed E-state index contributed by atoms with van der Waals surface area (Å²) in [5, 5.41) is 11.2. The minimum atomic E-state index is -5.15. The molecule has 1 atom stereocenters. The van der Waals surface area contributed by atoms with Crippen molar-refractivity contribution in [3.05, 3.63) is 63.2 Å². The number of aromatic nitrogens is 4. The maximum atomic E-state index is 14.5. The molecule has 230 valence electrons. The molecule has 3 aromatic rings. The number of nitrogens with one attached hydrogen (secondary N) is 2. The van der Waals surface area contributed by atoms with E-state index in [9.17, 15) is 31.9 Å². The summed E-state index contributed by atoms with van der Waals surface area (Å²) in [7, 11) is 0. The van der Waals surface area contributed by atoms with Crippen LogP contribution in [0.3, 0.4) is 0 Å². The molecule has 10 nitrogen and oxygen atoms in total. The quantitative estimate of drug-likeness (QED) is 0.326. The highest BCUT2D eigenvalue weighted by molar-refractivity contribution is 5.84. The van der Waals surface area contributed by atoms with Crippen LogP contribution in [0.1, 0.15) is 35.3 Å². The lowest BCUT2D eigenvalue weighted by Gasteiger charge is -3.10. The molecule has 14 heteroatoms. The first-order chi connectivity index (χ1) is 20.8. The van der Waals surface area contributed by atoms with E-state index < -0.39 is 30.2 Å². The van der Waals surface area contributed by atoms with Gasteiger partial charge in [-0.2, -0.15) is 18.3 Å². The zero-order chi connectivity index (χ0) is 30.8. The fourth-order valence-corrected chi connectivity index (χ4v) is 10.6. The summed E-state index contributed by atoms with van der Waals surface area (Å²) in [4.78, 5) is 37.6. The van der Waals surface area contributed by atoms with Crippen molar-refractivity contribution in [1.82, 2.24) is 29.5 Å². The highest BCUT2D eigenvalue weighted by Gasteiger charge is 3.11. The number of esters is 1. The van der Waals surface area contributed by atoms with Gasteiger partial charge in [0.25, 0.3) is 5.91 Å². The molecule has 0 radical (unpaired) electrons. The summed E-state index contributed by atoms with van der Waals surface area (Å²) in [6.07, 6.45) is -0.856. The average Bonchev–Trinajstić information content (AvgIpc) is 3.55. The SMILES string of the molecule is Cc1cc(-n2nc3c(c2-n2ccn(C45C6C7C4C4C5C6C74NC(=O)COC(=O)C(F)(F)F)c2=O)[C@H](C)NCC3)cc(C)c1F. The summed E-state index contributed by atoms with van der Waals surface area (Å²) in [5.41, 5.74) is 2.52. The van der Waals surface area contributed by atoms with E-state index in [2.05, 4.69) is 15.4 Å². The molecule has 2 N–H and O–H groups in total. The number of aryl methyl sites for hydroxylation is 2. The van der Waals surface area contributed by atoms with Crippen LogP contribution >= 0.6 is 0 Å². The maximum Gasteiger partial charge on any atom is 0.490 e. The summed E-state index contributed by atoms with van der Waals surface area (Å²) in [6, 6.07) is 3.42. The molecular weight excluding hydrogens is 584 g/mol. The number of carbonyl (C=O) groups excluding carboxylic acids is 2. The van der Waals surface area contributed by atoms with E-state index in [1.165, 1.54) is 0 Å². The van der Waals surface area contributed by atoms with Crippen LogP contribution < -0.4 is 16.3 Å². The maximum absolute atomic E-state index is 14.5. The molecule has 0 unspecified atom stereocenters. The van der Waals surface area contributed by atoms with E-state index in [0.29, 0.717) is 29.1 Å². The lowest BCUT2D eigenvalue weighted by Crippen LogP contribution is -3.17. The van der Waals surface area contributed by atoms with Crippen molar-refractivity contribution in [3.63, 3.8) is 0 Å². The Kier molecular flexibility index (Phi) is 4.70. The molecule has 6 saturated carbocycles. The number of imidazole rings is 1. The Hall–Kier alpha value is -3.94. The Labute approximate surface area is 247 Å².